The maximum Gasteiger partial charge on any atom is 0.333 e. The molecule has 5 heterocycles. The predicted octanol–water partition coefficient (Wildman–Crippen LogP) is 14.3. The third-order valence-corrected chi connectivity index (χ3v) is 14.5. The van der Waals surface area contributed by atoms with E-state index in [9.17, 15) is 9.90 Å². The van der Waals surface area contributed by atoms with Gasteiger partial charge < -0.3 is 19.1 Å². The smallest absolute Gasteiger partial charge is 0.333 e. The van der Waals surface area contributed by atoms with Gasteiger partial charge in [-0.2, -0.15) is 0 Å². The van der Waals surface area contributed by atoms with Crippen LogP contribution in [0.2, 0.25) is 0 Å². The van der Waals surface area contributed by atoms with Gasteiger partial charge in [-0.1, -0.05) is 101 Å². The van der Waals surface area contributed by atoms with Gasteiger partial charge in [0.1, 0.15) is 13.2 Å². The van der Waals surface area contributed by atoms with Gasteiger partial charge in [0.15, 0.2) is 11.5 Å². The van der Waals surface area contributed by atoms with Crippen LogP contribution >= 0.6 is 34.0 Å². The van der Waals surface area contributed by atoms with Gasteiger partial charge in [0.05, 0.1) is 27.4 Å². The summed E-state index contributed by atoms with van der Waals surface area (Å²) in [6.07, 6.45) is 13.0. The fourth-order valence-electron chi connectivity index (χ4n) is 7.85. The van der Waals surface area contributed by atoms with E-state index in [0.717, 1.165) is 41.1 Å². The molecule has 0 atom stereocenters. The molecular weight excluding hydrogens is 765 g/mol. The number of unbranched alkanes of at least 4 members (excludes halogenated alkanes) is 6. The number of aryl methyl sites for hydroxylation is 2. The van der Waals surface area contributed by atoms with Crippen molar-refractivity contribution >= 4 is 67.9 Å². The van der Waals surface area contributed by atoms with Gasteiger partial charge in [-0.25, -0.2) is 4.85 Å². The van der Waals surface area contributed by atoms with E-state index in [2.05, 4.69) is 108 Å². The van der Waals surface area contributed by atoms with Crippen LogP contribution in [0.1, 0.15) is 81.2 Å². The van der Waals surface area contributed by atoms with Crippen LogP contribution < -0.4 is 9.47 Å². The van der Waals surface area contributed by atoms with Crippen molar-refractivity contribution in [1.29, 1.82) is 0 Å². The van der Waals surface area contributed by atoms with Crippen molar-refractivity contribution in [3.05, 3.63) is 118 Å². The molecule has 0 amide bonds. The van der Waals surface area contributed by atoms with Gasteiger partial charge in [-0.3, -0.25) is 4.79 Å². The molecule has 1 N–H and O–H groups in total. The van der Waals surface area contributed by atoms with Crippen LogP contribution in [0.25, 0.3) is 68.4 Å². The summed E-state index contributed by atoms with van der Waals surface area (Å²) in [6.45, 7) is 12.7. The van der Waals surface area contributed by atoms with E-state index >= 15 is 0 Å². The Bertz CT molecular complexity index is 2560. The number of fused-ring (bicyclic) bond motifs is 4. The summed E-state index contributed by atoms with van der Waals surface area (Å²) >= 11 is 5.12. The summed E-state index contributed by atoms with van der Waals surface area (Å²) in [5, 5.41) is 12.1. The number of rotatable bonds is 16. The van der Waals surface area contributed by atoms with E-state index < -0.39 is 5.97 Å². The molecule has 0 saturated heterocycles. The number of para-hydroxylation sites is 2. The highest BCUT2D eigenvalue weighted by molar-refractivity contribution is 7.27. The van der Waals surface area contributed by atoms with Gasteiger partial charge in [-0.15, -0.1) is 34.0 Å². The number of benzene rings is 3. The normalized spacial score (nSPS) is 12.8. The Morgan fingerprint density at radius 1 is 0.719 bits per heavy atom. The SMILES string of the molecule is [C-]#[N+]/C(=C/c1sc(-c2cc(CCCCCC)c(-c3cc(CCCCCC)c(-c4ccc(-n5c6ccccc6c6ccccc65)cc4)s3)s2)c2c1OCCO2)C(=O)O. The van der Waals surface area contributed by atoms with Crippen molar-refractivity contribution in [2.45, 2.75) is 78.1 Å². The quantitative estimate of drug-likeness (QED) is 0.0600. The summed E-state index contributed by atoms with van der Waals surface area (Å²) < 4.78 is 14.6. The minimum atomic E-state index is -1.25. The molecule has 8 rings (SSSR count). The first-order chi connectivity index (χ1) is 28.0. The molecular formula is C48H46N2O4S3. The number of nitrogens with zero attached hydrogens (tertiary/aromatic N) is 2. The standard InChI is InChI=1S/C48H46N2O4S3/c1-4-6-8-10-16-32-28-41(56-45(32)31-22-24-34(25-23-31)50-38-20-14-12-18-35(38)36-19-13-15-21-39(36)50)46-33(17-11-9-7-5-2)29-42(57-46)47-44-43(53-26-27-54-44)40(55-47)30-37(49-3)48(51)52/h12-15,18-25,28-30H,4-11,16-17,26-27H2,1-2H3,(H,51,52)/b37-30+. The molecule has 4 aromatic heterocycles. The van der Waals surface area contributed by atoms with Crippen LogP contribution in [0.15, 0.2) is 90.6 Å². The summed E-state index contributed by atoms with van der Waals surface area (Å²) in [6, 6.07) is 31.2. The zero-order valence-corrected chi connectivity index (χ0v) is 34.9. The van der Waals surface area contributed by atoms with Gasteiger partial charge in [0.2, 0.25) is 0 Å². The van der Waals surface area contributed by atoms with Crippen molar-refractivity contribution in [2.75, 3.05) is 13.2 Å². The summed E-state index contributed by atoms with van der Waals surface area (Å²) in [7, 11) is 0. The Kier molecular flexibility index (Phi) is 11.9. The molecule has 0 unspecified atom stereocenters. The lowest BCUT2D eigenvalue weighted by Crippen LogP contribution is -2.14. The lowest BCUT2D eigenvalue weighted by Gasteiger charge is -2.16. The maximum absolute atomic E-state index is 11.8. The van der Waals surface area contributed by atoms with Crippen LogP contribution in [-0.4, -0.2) is 28.9 Å². The number of ether oxygens (including phenoxy) is 2. The van der Waals surface area contributed by atoms with Crippen molar-refractivity contribution in [2.24, 2.45) is 0 Å². The molecule has 1 aliphatic heterocycles. The summed E-state index contributed by atoms with van der Waals surface area (Å²) in [5.74, 6) is -0.0804. The lowest BCUT2D eigenvalue weighted by atomic mass is 10.0. The third kappa shape index (κ3) is 7.91. The third-order valence-electron chi connectivity index (χ3n) is 10.7. The number of hydrogen-bond acceptors (Lipinski definition) is 6. The molecule has 9 heteroatoms. The molecule has 7 aromatic rings. The van der Waals surface area contributed by atoms with E-state index in [1.54, 1.807) is 11.3 Å². The Hall–Kier alpha value is -5.14. The van der Waals surface area contributed by atoms with Gasteiger partial charge in [-0.05, 0) is 84.8 Å². The first kappa shape index (κ1) is 38.7. The fraction of sp³-hybridized carbons (Fsp3) is 0.292. The molecule has 6 nitrogen and oxygen atoms in total. The number of carboxylic acid groups (broad SMARTS) is 1. The Labute approximate surface area is 346 Å². The number of aromatic nitrogens is 1. The predicted molar refractivity (Wildman–Crippen MR) is 240 cm³/mol. The highest BCUT2D eigenvalue weighted by Gasteiger charge is 2.28. The second-order valence-corrected chi connectivity index (χ2v) is 17.7. The van der Waals surface area contributed by atoms with E-state index in [-0.39, 0.29) is 5.70 Å². The largest absolute Gasteiger partial charge is 0.486 e. The zero-order chi connectivity index (χ0) is 39.3. The van der Waals surface area contributed by atoms with Crippen molar-refractivity contribution in [3.8, 4) is 47.1 Å². The van der Waals surface area contributed by atoms with E-state index in [1.807, 2.05) is 11.3 Å². The minimum absolute atomic E-state index is 0.344. The second-order valence-electron chi connectivity index (χ2n) is 14.6. The number of aliphatic carboxylic acids is 1. The van der Waals surface area contributed by atoms with Crippen LogP contribution in [-0.2, 0) is 17.6 Å². The highest BCUT2D eigenvalue weighted by Crippen LogP contribution is 2.54. The Balaban J connectivity index is 1.20. The lowest BCUT2D eigenvalue weighted by molar-refractivity contribution is -0.132. The molecule has 0 saturated carbocycles. The number of carbonyl (C=O) groups is 1. The van der Waals surface area contributed by atoms with E-state index in [1.165, 1.54) is 109 Å². The van der Waals surface area contributed by atoms with Crippen molar-refractivity contribution < 1.29 is 19.4 Å². The molecule has 1 aliphatic rings. The maximum atomic E-state index is 11.8. The highest BCUT2D eigenvalue weighted by atomic mass is 32.1. The fourth-order valence-corrected chi connectivity index (χ4v) is 11.6. The molecule has 57 heavy (non-hydrogen) atoms. The van der Waals surface area contributed by atoms with Crippen LogP contribution in [0, 0.1) is 6.57 Å². The molecule has 0 bridgehead atoms. The van der Waals surface area contributed by atoms with E-state index in [0.29, 0.717) is 29.6 Å². The average Bonchev–Trinajstić information content (AvgIpc) is 4.02. The summed E-state index contributed by atoms with van der Waals surface area (Å²) in [5.41, 5.74) is 7.21. The monoisotopic (exact) mass is 810 g/mol. The van der Waals surface area contributed by atoms with Crippen LogP contribution in [0.3, 0.4) is 0 Å². The minimum Gasteiger partial charge on any atom is -0.486 e. The molecule has 3 aromatic carbocycles. The molecule has 0 fully saturated rings. The number of carboxylic acids is 1. The van der Waals surface area contributed by atoms with Crippen LogP contribution in [0.5, 0.6) is 11.5 Å². The topological polar surface area (TPSA) is 65.0 Å². The van der Waals surface area contributed by atoms with Gasteiger partial charge in [0.25, 0.3) is 5.70 Å². The zero-order valence-electron chi connectivity index (χ0n) is 32.4. The summed E-state index contributed by atoms with van der Waals surface area (Å²) in [4.78, 5) is 21.5. The van der Waals surface area contributed by atoms with Gasteiger partial charge in [0, 0.05) is 36.0 Å². The molecule has 0 aliphatic carbocycles. The van der Waals surface area contributed by atoms with Gasteiger partial charge >= 0.3 is 5.97 Å². The van der Waals surface area contributed by atoms with E-state index in [4.69, 9.17) is 16.0 Å². The first-order valence-corrected chi connectivity index (χ1v) is 22.5. The van der Waals surface area contributed by atoms with Crippen molar-refractivity contribution in [3.63, 3.8) is 0 Å². The molecule has 290 valence electrons. The molecule has 0 spiro atoms. The number of thiophene rings is 3. The van der Waals surface area contributed by atoms with Crippen LogP contribution in [0.4, 0.5) is 0 Å². The Morgan fingerprint density at radius 2 is 1.28 bits per heavy atom. The average molecular weight is 811 g/mol. The second kappa shape index (κ2) is 17.6. The first-order valence-electron chi connectivity index (χ1n) is 20.1. The molecule has 0 radical (unpaired) electrons. The van der Waals surface area contributed by atoms with Crippen molar-refractivity contribution in [1.82, 2.24) is 4.57 Å². The number of hydrogen-bond donors (Lipinski definition) is 1. The Morgan fingerprint density at radius 3 is 1.88 bits per heavy atom.